The number of hydrogen-bond donors (Lipinski definition) is 2. The Bertz CT molecular complexity index is 797. The van der Waals surface area contributed by atoms with E-state index in [4.69, 9.17) is 22.0 Å². The Morgan fingerprint density at radius 1 is 1.16 bits per heavy atom. The fraction of sp³-hybridized carbons (Fsp3) is 0.211. The Balaban J connectivity index is 2.02. The van der Waals surface area contributed by atoms with E-state index in [2.05, 4.69) is 5.32 Å². The lowest BCUT2D eigenvalue weighted by Gasteiger charge is -2.17. The number of rotatable bonds is 7. The first kappa shape index (κ1) is 18.5. The lowest BCUT2D eigenvalue weighted by Crippen LogP contribution is -2.38. The third kappa shape index (κ3) is 6.28. The molecule has 6 heteroatoms. The summed E-state index contributed by atoms with van der Waals surface area (Å²) in [6.07, 6.45) is 0.324. The topological polar surface area (TPSA) is 90.2 Å². The van der Waals surface area contributed by atoms with E-state index in [0.717, 1.165) is 11.1 Å². The Labute approximate surface area is 150 Å². The van der Waals surface area contributed by atoms with E-state index in [1.807, 2.05) is 6.07 Å². The lowest BCUT2D eigenvalue weighted by molar-refractivity contribution is -0.137. The first-order valence-electron chi connectivity index (χ1n) is 7.71. The number of carboxylic acids is 1. The zero-order valence-electron chi connectivity index (χ0n) is 13.4. The minimum Gasteiger partial charge on any atom is -0.481 e. The largest absolute Gasteiger partial charge is 0.481 e. The molecule has 0 saturated carbocycles. The molecule has 0 radical (unpaired) electrons. The molecule has 0 aliphatic rings. The van der Waals surface area contributed by atoms with E-state index in [9.17, 15) is 9.59 Å². The summed E-state index contributed by atoms with van der Waals surface area (Å²) in [5, 5.41) is 21.2. The first-order valence-corrected chi connectivity index (χ1v) is 8.08. The van der Waals surface area contributed by atoms with Gasteiger partial charge >= 0.3 is 5.97 Å². The van der Waals surface area contributed by atoms with Crippen molar-refractivity contribution in [3.63, 3.8) is 0 Å². The minimum atomic E-state index is -0.985. The molecule has 0 bridgehead atoms. The molecule has 2 aromatic rings. The third-order valence-corrected chi connectivity index (χ3v) is 3.84. The van der Waals surface area contributed by atoms with Crippen molar-refractivity contribution < 1.29 is 14.7 Å². The number of halogens is 1. The van der Waals surface area contributed by atoms with Gasteiger partial charge in [-0.05, 0) is 41.8 Å². The number of carboxylic acid groups (broad SMARTS) is 1. The van der Waals surface area contributed by atoms with Crippen molar-refractivity contribution in [2.45, 2.75) is 25.3 Å². The minimum absolute atomic E-state index is 0.129. The molecule has 2 N–H and O–H groups in total. The summed E-state index contributed by atoms with van der Waals surface area (Å²) in [6.45, 7) is 0. The molecule has 1 amide bonds. The van der Waals surface area contributed by atoms with Crippen molar-refractivity contribution in [1.29, 1.82) is 5.26 Å². The van der Waals surface area contributed by atoms with Crippen LogP contribution in [0.3, 0.4) is 0 Å². The average Bonchev–Trinajstić information content (AvgIpc) is 2.54. The molecule has 0 aliphatic heterocycles. The summed E-state index contributed by atoms with van der Waals surface area (Å²) in [4.78, 5) is 23.3. The van der Waals surface area contributed by atoms with Crippen LogP contribution in [0.15, 0.2) is 48.5 Å². The molecule has 0 saturated heterocycles. The van der Waals surface area contributed by atoms with Gasteiger partial charge in [0.25, 0.3) is 0 Å². The van der Waals surface area contributed by atoms with Gasteiger partial charge in [-0.25, -0.2) is 0 Å². The summed E-state index contributed by atoms with van der Waals surface area (Å²) in [5.41, 5.74) is 2.15. The number of carbonyl (C=O) groups excluding carboxylic acids is 1. The van der Waals surface area contributed by atoms with Crippen LogP contribution in [-0.4, -0.2) is 23.0 Å². The van der Waals surface area contributed by atoms with Gasteiger partial charge in [0.1, 0.15) is 0 Å². The molecule has 1 atom stereocenters. The molecule has 2 aromatic carbocycles. The zero-order chi connectivity index (χ0) is 18.2. The highest BCUT2D eigenvalue weighted by molar-refractivity contribution is 6.30. The standard InChI is InChI=1S/C19H17ClN2O3/c20-16-3-1-2-15(8-16)10-18(23)22-17(11-19(24)25)9-13-4-6-14(12-21)7-5-13/h1-8,17H,9-11H2,(H,22,23)(H,24,25)/t17-/m0/s1. The van der Waals surface area contributed by atoms with Crippen molar-refractivity contribution in [2.75, 3.05) is 0 Å². The van der Waals surface area contributed by atoms with E-state index in [1.165, 1.54) is 0 Å². The van der Waals surface area contributed by atoms with Crippen LogP contribution in [0.25, 0.3) is 0 Å². The first-order chi connectivity index (χ1) is 12.0. The summed E-state index contributed by atoms with van der Waals surface area (Å²) in [6, 6.07) is 15.3. The number of aliphatic carboxylic acids is 1. The molecular formula is C19H17ClN2O3. The van der Waals surface area contributed by atoms with Crippen LogP contribution in [0.4, 0.5) is 0 Å². The number of carbonyl (C=O) groups is 2. The van der Waals surface area contributed by atoms with Crippen molar-refractivity contribution >= 4 is 23.5 Å². The molecule has 128 valence electrons. The molecule has 25 heavy (non-hydrogen) atoms. The van der Waals surface area contributed by atoms with Crippen LogP contribution < -0.4 is 5.32 Å². The van der Waals surface area contributed by atoms with Gasteiger partial charge in [-0.2, -0.15) is 5.26 Å². The molecule has 0 aromatic heterocycles. The Morgan fingerprint density at radius 2 is 1.88 bits per heavy atom. The highest BCUT2D eigenvalue weighted by Crippen LogP contribution is 2.12. The maximum atomic E-state index is 12.2. The maximum Gasteiger partial charge on any atom is 0.305 e. The van der Waals surface area contributed by atoms with Gasteiger partial charge in [0.05, 0.1) is 24.5 Å². The summed E-state index contributed by atoms with van der Waals surface area (Å²) < 4.78 is 0. The number of nitrogens with zero attached hydrogens (tertiary/aromatic N) is 1. The molecule has 0 unspecified atom stereocenters. The summed E-state index contributed by atoms with van der Waals surface area (Å²) in [7, 11) is 0. The molecule has 0 heterocycles. The Morgan fingerprint density at radius 3 is 2.48 bits per heavy atom. The second-order valence-corrected chi connectivity index (χ2v) is 6.12. The highest BCUT2D eigenvalue weighted by atomic mass is 35.5. The predicted octanol–water partition coefficient (Wildman–Crippen LogP) is 2.96. The van der Waals surface area contributed by atoms with Crippen LogP contribution in [0.1, 0.15) is 23.1 Å². The van der Waals surface area contributed by atoms with Crippen molar-refractivity contribution in [1.82, 2.24) is 5.32 Å². The van der Waals surface area contributed by atoms with Gasteiger partial charge in [-0.1, -0.05) is 35.9 Å². The molecule has 0 fully saturated rings. The van der Waals surface area contributed by atoms with Gasteiger partial charge in [0.15, 0.2) is 0 Å². The van der Waals surface area contributed by atoms with E-state index >= 15 is 0 Å². The predicted molar refractivity (Wildman–Crippen MR) is 94.2 cm³/mol. The second-order valence-electron chi connectivity index (χ2n) is 5.68. The van der Waals surface area contributed by atoms with E-state index < -0.39 is 12.0 Å². The van der Waals surface area contributed by atoms with Gasteiger partial charge in [0.2, 0.25) is 5.91 Å². The number of benzene rings is 2. The van der Waals surface area contributed by atoms with Gasteiger partial charge < -0.3 is 10.4 Å². The van der Waals surface area contributed by atoms with Crippen LogP contribution >= 0.6 is 11.6 Å². The Kier molecular flexibility index (Phi) is 6.55. The lowest BCUT2D eigenvalue weighted by atomic mass is 10.0. The monoisotopic (exact) mass is 356 g/mol. The van der Waals surface area contributed by atoms with Crippen molar-refractivity contribution in [3.05, 3.63) is 70.2 Å². The fourth-order valence-corrected chi connectivity index (χ4v) is 2.71. The number of nitrogens with one attached hydrogen (secondary N) is 1. The molecule has 0 spiro atoms. The summed E-state index contributed by atoms with van der Waals surface area (Å²) >= 11 is 5.90. The van der Waals surface area contributed by atoms with Crippen LogP contribution in [0.2, 0.25) is 5.02 Å². The average molecular weight is 357 g/mol. The van der Waals surface area contributed by atoms with Crippen molar-refractivity contribution in [2.24, 2.45) is 0 Å². The van der Waals surface area contributed by atoms with E-state index in [-0.39, 0.29) is 18.7 Å². The van der Waals surface area contributed by atoms with Crippen LogP contribution in [0.5, 0.6) is 0 Å². The van der Waals surface area contributed by atoms with Crippen LogP contribution in [-0.2, 0) is 22.4 Å². The summed E-state index contributed by atoms with van der Waals surface area (Å²) in [5.74, 6) is -1.25. The second kappa shape index (κ2) is 8.86. The normalized spacial score (nSPS) is 11.4. The maximum absolute atomic E-state index is 12.2. The van der Waals surface area contributed by atoms with Gasteiger partial charge in [0, 0.05) is 11.1 Å². The van der Waals surface area contributed by atoms with Crippen LogP contribution in [0, 0.1) is 11.3 Å². The van der Waals surface area contributed by atoms with Gasteiger partial charge in [-0.15, -0.1) is 0 Å². The van der Waals surface area contributed by atoms with E-state index in [0.29, 0.717) is 17.0 Å². The van der Waals surface area contributed by atoms with Crippen molar-refractivity contribution in [3.8, 4) is 6.07 Å². The van der Waals surface area contributed by atoms with Gasteiger partial charge in [-0.3, -0.25) is 9.59 Å². The SMILES string of the molecule is N#Cc1ccc(C[C@@H](CC(=O)O)NC(=O)Cc2cccc(Cl)c2)cc1. The number of amides is 1. The fourth-order valence-electron chi connectivity index (χ4n) is 2.50. The zero-order valence-corrected chi connectivity index (χ0v) is 14.2. The van der Waals surface area contributed by atoms with E-state index in [1.54, 1.807) is 48.5 Å². The molecule has 2 rings (SSSR count). The number of hydrogen-bond acceptors (Lipinski definition) is 3. The highest BCUT2D eigenvalue weighted by Gasteiger charge is 2.17. The molecule has 0 aliphatic carbocycles. The quantitative estimate of drug-likeness (QED) is 0.798. The smallest absolute Gasteiger partial charge is 0.305 e. The third-order valence-electron chi connectivity index (χ3n) is 3.60. The number of nitriles is 1. The molecular weight excluding hydrogens is 340 g/mol. The molecule has 5 nitrogen and oxygen atoms in total. The Hall–Kier alpha value is -2.84.